The SMILES string of the molecule is CC(C)(CCCc1cc(F)ccc1OCc1ccccc1)S(N)=O. The molecule has 1 atom stereocenters. The third kappa shape index (κ3) is 5.42. The molecule has 3 nitrogen and oxygen atoms in total. The van der Waals surface area contributed by atoms with Gasteiger partial charge in [0.15, 0.2) is 0 Å². The maximum absolute atomic E-state index is 13.6. The number of ether oxygens (including phenoxy) is 1. The predicted molar refractivity (Wildman–Crippen MR) is 96.5 cm³/mol. The Morgan fingerprint density at radius 1 is 1.17 bits per heavy atom. The Labute approximate surface area is 145 Å². The fraction of sp³-hybridized carbons (Fsp3) is 0.368. The lowest BCUT2D eigenvalue weighted by Crippen LogP contribution is -2.31. The number of rotatable bonds is 8. The van der Waals surface area contributed by atoms with Gasteiger partial charge < -0.3 is 4.74 Å². The molecule has 2 N–H and O–H groups in total. The van der Waals surface area contributed by atoms with Gasteiger partial charge in [0.1, 0.15) is 18.2 Å². The van der Waals surface area contributed by atoms with Gasteiger partial charge in [0.2, 0.25) is 0 Å². The first-order valence-electron chi connectivity index (χ1n) is 8.00. The Morgan fingerprint density at radius 3 is 2.54 bits per heavy atom. The van der Waals surface area contributed by atoms with Crippen molar-refractivity contribution in [3.8, 4) is 5.75 Å². The number of hydrogen-bond donors (Lipinski definition) is 1. The Morgan fingerprint density at radius 2 is 1.88 bits per heavy atom. The molecule has 0 radical (unpaired) electrons. The third-order valence-corrected chi connectivity index (χ3v) is 5.32. The van der Waals surface area contributed by atoms with E-state index < -0.39 is 15.7 Å². The first kappa shape index (κ1) is 18.6. The molecule has 1 unspecified atom stereocenters. The highest BCUT2D eigenvalue weighted by molar-refractivity contribution is 7.84. The summed E-state index contributed by atoms with van der Waals surface area (Å²) >= 11 is 0. The van der Waals surface area contributed by atoms with Gasteiger partial charge in [0.25, 0.3) is 0 Å². The molecule has 0 spiro atoms. The van der Waals surface area contributed by atoms with Crippen LogP contribution in [-0.4, -0.2) is 8.96 Å². The van der Waals surface area contributed by atoms with Gasteiger partial charge in [-0.1, -0.05) is 30.3 Å². The summed E-state index contributed by atoms with van der Waals surface area (Å²) in [7, 11) is -1.38. The first-order chi connectivity index (χ1) is 11.4. The van der Waals surface area contributed by atoms with E-state index in [1.165, 1.54) is 12.1 Å². The van der Waals surface area contributed by atoms with Gasteiger partial charge >= 0.3 is 0 Å². The molecule has 0 heterocycles. The van der Waals surface area contributed by atoms with Crippen molar-refractivity contribution in [2.45, 2.75) is 44.5 Å². The van der Waals surface area contributed by atoms with Gasteiger partial charge in [-0.15, -0.1) is 0 Å². The average molecular weight is 349 g/mol. The fourth-order valence-electron chi connectivity index (χ4n) is 2.42. The highest BCUT2D eigenvalue weighted by atomic mass is 32.2. The Hall–Kier alpha value is -1.72. The molecule has 2 aromatic rings. The second-order valence-electron chi connectivity index (χ2n) is 6.44. The quantitative estimate of drug-likeness (QED) is 0.779. The lowest BCUT2D eigenvalue weighted by Gasteiger charge is -2.21. The van der Waals surface area contributed by atoms with Crippen molar-refractivity contribution < 1.29 is 13.3 Å². The number of hydrogen-bond acceptors (Lipinski definition) is 2. The Balaban J connectivity index is 2.01. The Kier molecular flexibility index (Phi) is 6.52. The monoisotopic (exact) mass is 349 g/mol. The summed E-state index contributed by atoms with van der Waals surface area (Å²) in [6.07, 6.45) is 2.12. The van der Waals surface area contributed by atoms with E-state index in [0.717, 1.165) is 17.5 Å². The van der Waals surface area contributed by atoms with Crippen LogP contribution in [0.3, 0.4) is 0 Å². The normalized spacial score (nSPS) is 12.8. The van der Waals surface area contributed by atoms with Crippen LogP contribution in [0.4, 0.5) is 4.39 Å². The molecule has 0 aliphatic carbocycles. The van der Waals surface area contributed by atoms with E-state index >= 15 is 0 Å². The summed E-state index contributed by atoms with van der Waals surface area (Å²) < 4.78 is 30.5. The molecule has 5 heteroatoms. The topological polar surface area (TPSA) is 52.3 Å². The average Bonchev–Trinajstić information content (AvgIpc) is 2.55. The number of aryl methyl sites for hydroxylation is 1. The molecule has 130 valence electrons. The molecule has 0 aliphatic rings. The zero-order valence-electron chi connectivity index (χ0n) is 14.1. The predicted octanol–water partition coefficient (Wildman–Crippen LogP) is 4.13. The third-order valence-electron chi connectivity index (χ3n) is 4.03. The molecule has 24 heavy (non-hydrogen) atoms. The van der Waals surface area contributed by atoms with Gasteiger partial charge in [0, 0.05) is 0 Å². The molecular formula is C19H24FNO2S. The van der Waals surface area contributed by atoms with E-state index in [1.54, 1.807) is 6.07 Å². The molecule has 0 aliphatic heterocycles. The maximum atomic E-state index is 13.6. The van der Waals surface area contributed by atoms with E-state index in [2.05, 4.69) is 0 Å². The summed E-state index contributed by atoms with van der Waals surface area (Å²) in [5.41, 5.74) is 1.89. The Bertz CT molecular complexity index is 689. The van der Waals surface area contributed by atoms with Crippen molar-refractivity contribution in [3.05, 3.63) is 65.5 Å². The summed E-state index contributed by atoms with van der Waals surface area (Å²) in [6.45, 7) is 4.20. The van der Waals surface area contributed by atoms with Gasteiger partial charge in [-0.25, -0.2) is 8.60 Å². The minimum Gasteiger partial charge on any atom is -0.489 e. The van der Waals surface area contributed by atoms with Crippen molar-refractivity contribution in [1.29, 1.82) is 0 Å². The van der Waals surface area contributed by atoms with Crippen molar-refractivity contribution in [2.24, 2.45) is 5.14 Å². The van der Waals surface area contributed by atoms with Crippen molar-refractivity contribution in [2.75, 3.05) is 0 Å². The zero-order valence-corrected chi connectivity index (χ0v) is 14.9. The molecule has 0 saturated heterocycles. The molecule has 0 fully saturated rings. The summed E-state index contributed by atoms with van der Waals surface area (Å²) in [5, 5.41) is 5.50. The van der Waals surface area contributed by atoms with Crippen LogP contribution in [0.1, 0.15) is 37.8 Å². The van der Waals surface area contributed by atoms with Crippen LogP contribution in [0.5, 0.6) is 5.75 Å². The largest absolute Gasteiger partial charge is 0.489 e. The summed E-state index contributed by atoms with van der Waals surface area (Å²) in [6, 6.07) is 14.4. The molecule has 0 aromatic heterocycles. The van der Waals surface area contributed by atoms with Crippen LogP contribution >= 0.6 is 0 Å². The van der Waals surface area contributed by atoms with Crippen molar-refractivity contribution in [1.82, 2.24) is 0 Å². The van der Waals surface area contributed by atoms with E-state index in [-0.39, 0.29) is 5.82 Å². The van der Waals surface area contributed by atoms with Gasteiger partial charge in [-0.05, 0) is 62.4 Å². The molecule has 0 saturated carbocycles. The summed E-state index contributed by atoms with van der Waals surface area (Å²) in [4.78, 5) is 0. The number of nitrogens with two attached hydrogens (primary N) is 1. The second-order valence-corrected chi connectivity index (χ2v) is 8.14. The zero-order chi connectivity index (χ0) is 17.6. The van der Waals surface area contributed by atoms with Crippen LogP contribution in [0.2, 0.25) is 0 Å². The second kappa shape index (κ2) is 8.40. The van der Waals surface area contributed by atoms with Crippen molar-refractivity contribution >= 4 is 11.0 Å². The standard InChI is InChI=1S/C19H24FNO2S/c1-19(2,24(21)22)12-6-9-16-13-17(20)10-11-18(16)23-14-15-7-4-3-5-8-15/h3-5,7-8,10-11,13H,6,9,12,14,21H2,1-2H3. The number of benzene rings is 2. The smallest absolute Gasteiger partial charge is 0.123 e. The molecule has 2 aromatic carbocycles. The van der Waals surface area contributed by atoms with E-state index in [1.807, 2.05) is 44.2 Å². The van der Waals surface area contributed by atoms with E-state index in [9.17, 15) is 8.60 Å². The minimum absolute atomic E-state index is 0.279. The van der Waals surface area contributed by atoms with Gasteiger partial charge in [-0.3, -0.25) is 5.14 Å². The lowest BCUT2D eigenvalue weighted by molar-refractivity contribution is 0.302. The van der Waals surface area contributed by atoms with Crippen LogP contribution in [0.15, 0.2) is 48.5 Å². The molecule has 2 rings (SSSR count). The summed E-state index contributed by atoms with van der Waals surface area (Å²) in [5.74, 6) is 0.408. The maximum Gasteiger partial charge on any atom is 0.123 e. The van der Waals surface area contributed by atoms with Crippen LogP contribution in [0.25, 0.3) is 0 Å². The molecule has 0 amide bonds. The lowest BCUT2D eigenvalue weighted by atomic mass is 10.0. The molecule has 0 bridgehead atoms. The highest BCUT2D eigenvalue weighted by Crippen LogP contribution is 2.25. The van der Waals surface area contributed by atoms with Gasteiger partial charge in [0.05, 0.1) is 15.7 Å². The van der Waals surface area contributed by atoms with Crippen LogP contribution < -0.4 is 9.88 Å². The van der Waals surface area contributed by atoms with Gasteiger partial charge in [-0.2, -0.15) is 0 Å². The van der Waals surface area contributed by atoms with Crippen molar-refractivity contribution in [3.63, 3.8) is 0 Å². The van der Waals surface area contributed by atoms with Crippen LogP contribution in [0, 0.1) is 5.82 Å². The first-order valence-corrected chi connectivity index (χ1v) is 9.21. The van der Waals surface area contributed by atoms with E-state index in [0.29, 0.717) is 25.2 Å². The van der Waals surface area contributed by atoms with E-state index in [4.69, 9.17) is 9.88 Å². The number of halogens is 1. The highest BCUT2D eigenvalue weighted by Gasteiger charge is 2.22. The van der Waals surface area contributed by atoms with Crippen LogP contribution in [-0.2, 0) is 24.0 Å². The fourth-order valence-corrected chi connectivity index (χ4v) is 2.77. The minimum atomic E-state index is -1.38. The molecular weight excluding hydrogens is 325 g/mol.